The Morgan fingerprint density at radius 1 is 0.933 bits per heavy atom. The minimum absolute atomic E-state index is 0.366. The largest absolute Gasteiger partial charge is 0.293 e. The molecule has 0 spiro atoms. The average molecular weight is 239 g/mol. The summed E-state index contributed by atoms with van der Waals surface area (Å²) < 4.78 is 12.3. The van der Waals surface area contributed by atoms with Crippen molar-refractivity contribution in [3.05, 3.63) is 48.8 Å². The molecule has 15 heavy (non-hydrogen) atoms. The van der Waals surface area contributed by atoms with Crippen molar-refractivity contribution in [3.63, 3.8) is 0 Å². The van der Waals surface area contributed by atoms with Gasteiger partial charge in [0.2, 0.25) is 0 Å². The van der Waals surface area contributed by atoms with Crippen LogP contribution in [0.5, 0.6) is 0 Å². The zero-order valence-corrected chi connectivity index (χ0v) is 9.40. The predicted octanol–water partition coefficient (Wildman–Crippen LogP) is 1.94. The lowest BCUT2D eigenvalue weighted by Gasteiger charge is -2.07. The number of hydrogen-bond acceptors (Lipinski definition) is 3. The summed E-state index contributed by atoms with van der Waals surface area (Å²) in [5.74, 6) is 0. The second-order valence-electron chi connectivity index (χ2n) is 2.91. The zero-order chi connectivity index (χ0) is 10.7. The van der Waals surface area contributed by atoms with E-state index >= 15 is 0 Å². The van der Waals surface area contributed by atoms with Crippen molar-refractivity contribution in [2.75, 3.05) is 0 Å². The Balaban J connectivity index is 2.50. The summed E-state index contributed by atoms with van der Waals surface area (Å²) in [6, 6.07) is 10.3. The molecule has 0 saturated heterocycles. The van der Waals surface area contributed by atoms with Crippen LogP contribution in [0.1, 0.15) is 0 Å². The third-order valence-electron chi connectivity index (χ3n) is 1.89. The molecule has 0 unspecified atom stereocenters. The number of hydrogen-bond donors (Lipinski definition) is 0. The van der Waals surface area contributed by atoms with Gasteiger partial charge in [0.15, 0.2) is 0 Å². The number of nitrogens with zero attached hydrogens (tertiary/aromatic N) is 2. The van der Waals surface area contributed by atoms with Gasteiger partial charge in [-0.05, 0) is 35.5 Å². The van der Waals surface area contributed by atoms with Crippen LogP contribution < -0.4 is 10.9 Å². The van der Waals surface area contributed by atoms with E-state index in [-0.39, 0.29) is 0 Å². The maximum Gasteiger partial charge on any atom is 0.260 e. The normalized spacial score (nSPS) is 11.3. The van der Waals surface area contributed by atoms with E-state index < -0.39 is 6.49 Å². The lowest BCUT2D eigenvalue weighted by Crippen LogP contribution is -2.16. The van der Waals surface area contributed by atoms with Gasteiger partial charge in [-0.2, -0.15) is 0 Å². The van der Waals surface area contributed by atoms with E-state index in [0.717, 1.165) is 0 Å². The van der Waals surface area contributed by atoms with Gasteiger partial charge >= 0.3 is 0 Å². The fourth-order valence-corrected chi connectivity index (χ4v) is 2.99. The van der Waals surface area contributed by atoms with Gasteiger partial charge in [-0.1, -0.05) is 12.1 Å². The third-order valence-corrected chi connectivity index (χ3v) is 4.63. The van der Waals surface area contributed by atoms with Gasteiger partial charge in [0.05, 0.1) is 0 Å². The van der Waals surface area contributed by atoms with Crippen LogP contribution in [0.3, 0.4) is 0 Å². The van der Waals surface area contributed by atoms with Gasteiger partial charge in [0, 0.05) is 12.4 Å². The molecule has 2 heterocycles. The van der Waals surface area contributed by atoms with Gasteiger partial charge in [-0.25, -0.2) is 0 Å². The zero-order valence-electron chi connectivity index (χ0n) is 7.75. The van der Waals surface area contributed by atoms with Crippen molar-refractivity contribution in [3.8, 4) is 0 Å². The van der Waals surface area contributed by atoms with Crippen LogP contribution in [0, 0.1) is 0 Å². The highest BCUT2D eigenvalue weighted by Gasteiger charge is 2.26. The first-order chi connectivity index (χ1) is 7.21. The first-order valence-electron chi connectivity index (χ1n) is 4.34. The molecular weight excluding hydrogens is 231 g/mol. The molecule has 5 heteroatoms. The molecule has 0 aliphatic heterocycles. The van der Waals surface area contributed by atoms with Gasteiger partial charge in [0.25, 0.3) is 6.49 Å². The van der Waals surface area contributed by atoms with Crippen molar-refractivity contribution in [1.82, 2.24) is 9.97 Å². The smallest absolute Gasteiger partial charge is 0.260 e. The van der Waals surface area contributed by atoms with E-state index in [4.69, 9.17) is 11.2 Å². The Bertz CT molecular complexity index is 446. The Hall–Kier alpha value is -1.18. The van der Waals surface area contributed by atoms with Gasteiger partial charge < -0.3 is 0 Å². The number of halogens is 1. The summed E-state index contributed by atoms with van der Waals surface area (Å²) in [5.41, 5.74) is 0.732. The summed E-state index contributed by atoms with van der Waals surface area (Å²) in [6.45, 7) is -3.15. The molecule has 2 aromatic rings. The Labute approximate surface area is 92.3 Å². The summed E-state index contributed by atoms with van der Waals surface area (Å²) in [7, 11) is 0. The predicted molar refractivity (Wildman–Crippen MR) is 61.2 cm³/mol. The third kappa shape index (κ3) is 2.09. The molecule has 2 rings (SSSR count). The molecule has 0 atom stereocenters. The van der Waals surface area contributed by atoms with Crippen LogP contribution in [-0.4, -0.2) is 9.97 Å². The summed E-state index contributed by atoms with van der Waals surface area (Å²) >= 11 is 6.02. The van der Waals surface area contributed by atoms with Crippen molar-refractivity contribution in [2.24, 2.45) is 0 Å². The molecule has 0 radical (unpaired) electrons. The topological polar surface area (TPSA) is 42.9 Å². The second-order valence-corrected chi connectivity index (χ2v) is 6.32. The van der Waals surface area contributed by atoms with E-state index in [9.17, 15) is 4.57 Å². The van der Waals surface area contributed by atoms with E-state index in [2.05, 4.69) is 9.97 Å². The average Bonchev–Trinajstić information content (AvgIpc) is 2.31. The molecule has 0 amide bonds. The van der Waals surface area contributed by atoms with Crippen LogP contribution in [0.25, 0.3) is 0 Å². The van der Waals surface area contributed by atoms with Crippen LogP contribution >= 0.6 is 17.7 Å². The molecule has 3 nitrogen and oxygen atoms in total. The van der Waals surface area contributed by atoms with E-state index in [1.807, 2.05) is 0 Å². The molecule has 2 aromatic heterocycles. The summed E-state index contributed by atoms with van der Waals surface area (Å²) in [4.78, 5) is 7.98. The van der Waals surface area contributed by atoms with Crippen LogP contribution in [0.4, 0.5) is 0 Å². The molecule has 76 valence electrons. The minimum atomic E-state index is -3.15. The van der Waals surface area contributed by atoms with Gasteiger partial charge in [-0.3, -0.25) is 14.5 Å². The fraction of sp³-hybridized carbons (Fsp3) is 0. The molecule has 0 aliphatic rings. The number of aromatic nitrogens is 2. The molecular formula is C10H8ClN2OP. The highest BCUT2D eigenvalue weighted by Crippen LogP contribution is 2.46. The van der Waals surface area contributed by atoms with Gasteiger partial charge in [-0.15, -0.1) is 0 Å². The molecule has 0 aromatic carbocycles. The first-order valence-corrected chi connectivity index (χ1v) is 6.95. The van der Waals surface area contributed by atoms with Crippen molar-refractivity contribution >= 4 is 28.6 Å². The maximum atomic E-state index is 12.3. The highest BCUT2D eigenvalue weighted by atomic mass is 35.7. The van der Waals surface area contributed by atoms with Crippen LogP contribution in [-0.2, 0) is 4.57 Å². The Morgan fingerprint density at radius 2 is 1.40 bits per heavy atom. The molecule has 0 N–H and O–H groups in total. The maximum absolute atomic E-state index is 12.3. The Kier molecular flexibility index (Phi) is 2.85. The van der Waals surface area contributed by atoms with Crippen molar-refractivity contribution in [1.29, 1.82) is 0 Å². The second kappa shape index (κ2) is 4.13. The molecule has 0 saturated carbocycles. The lowest BCUT2D eigenvalue weighted by atomic mass is 10.5. The monoisotopic (exact) mass is 238 g/mol. The Morgan fingerprint density at radius 3 is 1.73 bits per heavy atom. The standard InChI is InChI=1S/C10H8ClN2OP/c11-15(14,9-5-1-3-7-12-9)10-6-2-4-8-13-10/h1-8H. The highest BCUT2D eigenvalue weighted by molar-refractivity contribution is 8.00. The van der Waals surface area contributed by atoms with Crippen LogP contribution in [0.15, 0.2) is 48.8 Å². The van der Waals surface area contributed by atoms with E-state index in [0.29, 0.717) is 10.9 Å². The van der Waals surface area contributed by atoms with Crippen LogP contribution in [0.2, 0.25) is 0 Å². The summed E-state index contributed by atoms with van der Waals surface area (Å²) in [6.07, 6.45) is 3.13. The molecule has 0 aliphatic carbocycles. The number of rotatable bonds is 2. The SMILES string of the molecule is O=P(Cl)(c1ccccn1)c1ccccn1. The molecule has 0 fully saturated rings. The number of pyridine rings is 2. The van der Waals surface area contributed by atoms with Crippen molar-refractivity contribution < 1.29 is 4.57 Å². The first kappa shape index (κ1) is 10.3. The lowest BCUT2D eigenvalue weighted by molar-refractivity contribution is 0.594. The minimum Gasteiger partial charge on any atom is -0.293 e. The van der Waals surface area contributed by atoms with E-state index in [1.165, 1.54) is 0 Å². The molecule has 0 bridgehead atoms. The van der Waals surface area contributed by atoms with Crippen molar-refractivity contribution in [2.45, 2.75) is 0 Å². The fourth-order valence-electron chi connectivity index (χ4n) is 1.17. The quantitative estimate of drug-likeness (QED) is 0.751. The van der Waals surface area contributed by atoms with E-state index in [1.54, 1.807) is 48.8 Å². The van der Waals surface area contributed by atoms with Gasteiger partial charge in [0.1, 0.15) is 10.9 Å². The summed E-state index contributed by atoms with van der Waals surface area (Å²) in [5, 5.41) is 0.